The van der Waals surface area contributed by atoms with Gasteiger partial charge < -0.3 is 15.0 Å². The average Bonchev–Trinajstić information content (AvgIpc) is 3.28. The van der Waals surface area contributed by atoms with Crippen LogP contribution < -0.4 is 5.32 Å². The van der Waals surface area contributed by atoms with Gasteiger partial charge in [-0.1, -0.05) is 19.1 Å². The van der Waals surface area contributed by atoms with E-state index in [2.05, 4.69) is 36.2 Å². The lowest BCUT2D eigenvalue weighted by atomic mass is 9.96. The molecular formula is C24H39N3O4S. The normalized spacial score (nSPS) is 21.7. The first-order chi connectivity index (χ1) is 15.3. The summed E-state index contributed by atoms with van der Waals surface area (Å²) < 4.78 is 30.6. The Balaban J connectivity index is 1.55. The van der Waals surface area contributed by atoms with Gasteiger partial charge in [-0.2, -0.15) is 0 Å². The molecule has 0 spiro atoms. The van der Waals surface area contributed by atoms with E-state index in [0.29, 0.717) is 31.7 Å². The van der Waals surface area contributed by atoms with Crippen LogP contribution in [0.4, 0.5) is 5.69 Å². The summed E-state index contributed by atoms with van der Waals surface area (Å²) in [6.45, 7) is 8.42. The number of nitrogens with one attached hydrogen (secondary N) is 1. The van der Waals surface area contributed by atoms with E-state index >= 15 is 0 Å². The third kappa shape index (κ3) is 7.27. The molecule has 2 fully saturated rings. The zero-order chi connectivity index (χ0) is 23.1. The maximum atomic E-state index is 12.4. The Labute approximate surface area is 193 Å². The first-order valence-electron chi connectivity index (χ1n) is 12.0. The molecule has 2 aliphatic heterocycles. The van der Waals surface area contributed by atoms with Gasteiger partial charge in [0, 0.05) is 38.0 Å². The van der Waals surface area contributed by atoms with Crippen LogP contribution in [0.5, 0.6) is 0 Å². The molecule has 32 heavy (non-hydrogen) atoms. The van der Waals surface area contributed by atoms with Gasteiger partial charge in [0.15, 0.2) is 0 Å². The number of anilines is 1. The minimum Gasteiger partial charge on any atom is -0.368 e. The van der Waals surface area contributed by atoms with E-state index in [9.17, 15) is 13.2 Å². The van der Waals surface area contributed by atoms with Crippen molar-refractivity contribution in [3.63, 3.8) is 0 Å². The van der Waals surface area contributed by atoms with Crippen molar-refractivity contribution >= 4 is 21.6 Å². The maximum Gasteiger partial charge on any atom is 0.253 e. The fourth-order valence-electron chi connectivity index (χ4n) is 4.79. The van der Waals surface area contributed by atoms with E-state index in [4.69, 9.17) is 4.74 Å². The summed E-state index contributed by atoms with van der Waals surface area (Å²) >= 11 is 0. The predicted molar refractivity (Wildman–Crippen MR) is 128 cm³/mol. The molecule has 2 heterocycles. The summed E-state index contributed by atoms with van der Waals surface area (Å²) in [5.74, 6) is 0.472. The lowest BCUT2D eigenvalue weighted by Crippen LogP contribution is -2.44. The number of sulfonamides is 1. The second-order valence-corrected chi connectivity index (χ2v) is 11.3. The highest BCUT2D eigenvalue weighted by atomic mass is 32.2. The first kappa shape index (κ1) is 25.1. The molecule has 0 saturated carbocycles. The summed E-state index contributed by atoms with van der Waals surface area (Å²) in [6, 6.07) is 8.48. The number of benzene rings is 1. The van der Waals surface area contributed by atoms with Crippen LogP contribution in [-0.4, -0.2) is 74.7 Å². The number of amides is 1. The molecule has 1 N–H and O–H groups in total. The van der Waals surface area contributed by atoms with Gasteiger partial charge in [0.05, 0.1) is 6.26 Å². The van der Waals surface area contributed by atoms with Crippen LogP contribution in [0.15, 0.2) is 24.3 Å². The number of hydrogen-bond donors (Lipinski definition) is 1. The Morgan fingerprint density at radius 3 is 2.66 bits per heavy atom. The van der Waals surface area contributed by atoms with Crippen LogP contribution in [0, 0.1) is 5.92 Å². The molecule has 2 atom stereocenters. The van der Waals surface area contributed by atoms with Crippen LogP contribution in [0.2, 0.25) is 0 Å². The number of hydrogen-bond acceptors (Lipinski definition) is 5. The van der Waals surface area contributed by atoms with Crippen molar-refractivity contribution in [3.8, 4) is 0 Å². The van der Waals surface area contributed by atoms with Crippen LogP contribution >= 0.6 is 0 Å². The van der Waals surface area contributed by atoms with Gasteiger partial charge in [-0.15, -0.1) is 0 Å². The monoisotopic (exact) mass is 465 g/mol. The molecule has 1 aromatic rings. The van der Waals surface area contributed by atoms with Crippen LogP contribution in [0.3, 0.4) is 0 Å². The van der Waals surface area contributed by atoms with Gasteiger partial charge in [0.25, 0.3) is 5.91 Å². The molecule has 0 radical (unpaired) electrons. The minimum absolute atomic E-state index is 0.0549. The van der Waals surface area contributed by atoms with E-state index in [1.165, 1.54) is 11.8 Å². The minimum atomic E-state index is -3.08. The lowest BCUT2D eigenvalue weighted by molar-refractivity contribution is -0.124. The highest BCUT2D eigenvalue weighted by Gasteiger charge is 2.27. The Morgan fingerprint density at radius 2 is 2.03 bits per heavy atom. The third-order valence-corrected chi connectivity index (χ3v) is 7.92. The molecule has 0 aliphatic carbocycles. The highest BCUT2D eigenvalue weighted by Crippen LogP contribution is 2.23. The van der Waals surface area contributed by atoms with Crippen molar-refractivity contribution in [3.05, 3.63) is 29.8 Å². The second-order valence-electron chi connectivity index (χ2n) is 9.34. The number of carbonyl (C=O) groups excluding carboxylic acids is 1. The Morgan fingerprint density at radius 1 is 1.28 bits per heavy atom. The smallest absolute Gasteiger partial charge is 0.253 e. The van der Waals surface area contributed by atoms with Gasteiger partial charge in [0.2, 0.25) is 10.0 Å². The zero-order valence-corrected chi connectivity index (χ0v) is 20.6. The van der Waals surface area contributed by atoms with E-state index in [-0.39, 0.29) is 12.0 Å². The van der Waals surface area contributed by atoms with E-state index < -0.39 is 10.0 Å². The molecule has 180 valence electrons. The Kier molecular flexibility index (Phi) is 9.11. The van der Waals surface area contributed by atoms with E-state index in [1.54, 1.807) is 4.31 Å². The number of nitrogens with zero attached hydrogens (tertiary/aromatic N) is 2. The van der Waals surface area contributed by atoms with Crippen molar-refractivity contribution in [1.82, 2.24) is 9.21 Å². The fraction of sp³-hybridized carbons (Fsp3) is 0.708. The second kappa shape index (κ2) is 11.6. The highest BCUT2D eigenvalue weighted by molar-refractivity contribution is 7.88. The Hall–Kier alpha value is -1.48. The molecule has 2 saturated heterocycles. The average molecular weight is 466 g/mol. The van der Waals surface area contributed by atoms with E-state index in [1.807, 2.05) is 12.1 Å². The Bertz CT molecular complexity index is 847. The van der Waals surface area contributed by atoms with Crippen LogP contribution in [0.25, 0.3) is 0 Å². The standard InChI is InChI=1S/C24H39N3O4S/c1-4-12-26(18-20-10-13-27(14-11-20)32(3,29)30)19(2)16-21-7-5-8-22(17-21)25-24(28)23-9-6-15-31-23/h5,7-8,17,19-20,23H,4,6,9-16,18H2,1-3H3,(H,25,28). The summed E-state index contributed by atoms with van der Waals surface area (Å²) in [5.41, 5.74) is 2.03. The summed E-state index contributed by atoms with van der Waals surface area (Å²) in [4.78, 5) is 14.9. The molecule has 3 rings (SSSR count). The largest absolute Gasteiger partial charge is 0.368 e. The zero-order valence-electron chi connectivity index (χ0n) is 19.8. The molecule has 2 aliphatic rings. The van der Waals surface area contributed by atoms with Gasteiger partial charge >= 0.3 is 0 Å². The molecule has 0 aromatic heterocycles. The quantitative estimate of drug-likeness (QED) is 0.574. The SMILES string of the molecule is CCCN(CC1CCN(S(C)(=O)=O)CC1)C(C)Cc1cccc(NC(=O)C2CCCO2)c1. The summed E-state index contributed by atoms with van der Waals surface area (Å²) in [5, 5.41) is 3.00. The van der Waals surface area contributed by atoms with Crippen molar-refractivity contribution < 1.29 is 17.9 Å². The van der Waals surface area contributed by atoms with Gasteiger partial charge in [-0.25, -0.2) is 12.7 Å². The van der Waals surface area contributed by atoms with Crippen molar-refractivity contribution in [2.45, 2.75) is 64.5 Å². The van der Waals surface area contributed by atoms with Gasteiger partial charge in [-0.3, -0.25) is 4.79 Å². The molecule has 1 amide bonds. The first-order valence-corrected chi connectivity index (χ1v) is 13.8. The molecule has 8 heteroatoms. The summed E-state index contributed by atoms with van der Waals surface area (Å²) in [6.07, 6.45) is 6.54. The lowest BCUT2D eigenvalue weighted by Gasteiger charge is -2.36. The number of ether oxygens (including phenoxy) is 1. The van der Waals surface area contributed by atoms with Crippen molar-refractivity contribution in [2.75, 3.05) is 44.4 Å². The van der Waals surface area contributed by atoms with Gasteiger partial charge in [-0.05, 0) is 75.6 Å². The third-order valence-electron chi connectivity index (χ3n) is 6.62. The number of rotatable bonds is 10. The van der Waals surface area contributed by atoms with Crippen LogP contribution in [0.1, 0.15) is 51.5 Å². The molecule has 0 bridgehead atoms. The molecule has 2 unspecified atom stereocenters. The van der Waals surface area contributed by atoms with Crippen molar-refractivity contribution in [1.29, 1.82) is 0 Å². The van der Waals surface area contributed by atoms with Crippen molar-refractivity contribution in [2.24, 2.45) is 5.92 Å². The maximum absolute atomic E-state index is 12.4. The fourth-order valence-corrected chi connectivity index (χ4v) is 5.66. The van der Waals surface area contributed by atoms with Crippen LogP contribution in [-0.2, 0) is 26.0 Å². The summed E-state index contributed by atoms with van der Waals surface area (Å²) in [7, 11) is -3.08. The topological polar surface area (TPSA) is 79.0 Å². The number of piperidine rings is 1. The van der Waals surface area contributed by atoms with Gasteiger partial charge in [0.1, 0.15) is 6.10 Å². The number of carbonyl (C=O) groups is 1. The predicted octanol–water partition coefficient (Wildman–Crippen LogP) is 3.12. The van der Waals surface area contributed by atoms with E-state index in [0.717, 1.165) is 57.3 Å². The molecule has 1 aromatic carbocycles. The molecular weight excluding hydrogens is 426 g/mol. The molecule has 7 nitrogen and oxygen atoms in total.